The van der Waals surface area contributed by atoms with Gasteiger partial charge in [-0.05, 0) is 72.9 Å². The van der Waals surface area contributed by atoms with E-state index in [-0.39, 0.29) is 0 Å². The Labute approximate surface area is 343 Å². The molecule has 0 amide bonds. The van der Waals surface area contributed by atoms with E-state index in [1.165, 1.54) is 0 Å². The highest BCUT2D eigenvalue weighted by Crippen LogP contribution is 2.54. The zero-order chi connectivity index (χ0) is 41.0. The van der Waals surface area contributed by atoms with Gasteiger partial charge in [0.1, 0.15) is 0 Å². The lowest BCUT2D eigenvalue weighted by atomic mass is 9.90. The number of unbranched alkanes of at least 4 members (excludes halogenated alkanes) is 12. The summed E-state index contributed by atoms with van der Waals surface area (Å²) in [6, 6.07) is 6.17. The van der Waals surface area contributed by atoms with E-state index in [9.17, 15) is 0 Å². The predicted molar refractivity (Wildman–Crippen MR) is 242 cm³/mol. The minimum absolute atomic E-state index is 0.485. The van der Waals surface area contributed by atoms with E-state index in [1.807, 2.05) is 0 Å². The van der Waals surface area contributed by atoms with Crippen LogP contribution in [0.25, 0.3) is 32.3 Å². The quantitative estimate of drug-likeness (QED) is 0.0268. The maximum Gasteiger partial charge on any atom is 0.184 e. The smallest absolute Gasteiger partial charge is 0.184 e. The highest BCUT2D eigenvalue weighted by molar-refractivity contribution is 6.34. The van der Waals surface area contributed by atoms with E-state index < -0.39 is 0 Å². The van der Waals surface area contributed by atoms with Gasteiger partial charge in [0.15, 0.2) is 34.5 Å². The number of benzene rings is 4. The van der Waals surface area contributed by atoms with Gasteiger partial charge < -0.3 is 45.6 Å². The molecule has 0 aliphatic carbocycles. The molecular formula is C48H75N3O6. The van der Waals surface area contributed by atoms with Crippen LogP contribution in [0.5, 0.6) is 34.5 Å². The van der Waals surface area contributed by atoms with Crippen molar-refractivity contribution in [2.75, 3.05) is 56.8 Å². The number of rotatable bonds is 30. The molecule has 0 saturated heterocycles. The maximum atomic E-state index is 7.32. The van der Waals surface area contributed by atoms with Crippen LogP contribution < -0.4 is 45.6 Å². The Morgan fingerprint density at radius 1 is 0.316 bits per heavy atom. The summed E-state index contributed by atoms with van der Waals surface area (Å²) >= 11 is 0. The molecule has 0 heterocycles. The van der Waals surface area contributed by atoms with Crippen LogP contribution in [0.1, 0.15) is 157 Å². The largest absolute Gasteiger partial charge is 0.490 e. The molecule has 0 spiro atoms. The molecule has 0 saturated carbocycles. The maximum absolute atomic E-state index is 7.32. The summed E-state index contributed by atoms with van der Waals surface area (Å²) in [4.78, 5) is 0. The second-order valence-corrected chi connectivity index (χ2v) is 15.5. The fraction of sp³-hybridized carbons (Fsp3) is 0.625. The first kappa shape index (κ1) is 45.6. The molecule has 318 valence electrons. The van der Waals surface area contributed by atoms with Gasteiger partial charge in [-0.3, -0.25) is 0 Å². The van der Waals surface area contributed by atoms with Gasteiger partial charge in [-0.2, -0.15) is 0 Å². The van der Waals surface area contributed by atoms with Crippen LogP contribution in [0.4, 0.5) is 17.1 Å². The van der Waals surface area contributed by atoms with Crippen LogP contribution in [0, 0.1) is 0 Å². The Morgan fingerprint density at radius 3 is 0.737 bits per heavy atom. The Morgan fingerprint density at radius 2 is 0.526 bits per heavy atom. The Bertz CT molecular complexity index is 1590. The molecule has 0 unspecified atom stereocenters. The van der Waals surface area contributed by atoms with E-state index in [2.05, 4.69) is 59.7 Å². The standard InChI is InChI=1S/C48H75N3O6/c1-7-13-19-25-52-37-31-34-40(43(49)46(37)55-28-22-16-10-4)35-32-38(53-26-20-14-8-2)48(57-30-24-18-12-6)45(51)42(35)36-33-39(54-27-21-15-9-3)47(44(50)41(34)36)56-29-23-17-11-5/h31-33H,7-30,49-51H2,1-6H3. The monoisotopic (exact) mass is 790 g/mol. The number of hydrogen-bond donors (Lipinski definition) is 3. The first-order valence-electron chi connectivity index (χ1n) is 22.5. The number of anilines is 3. The van der Waals surface area contributed by atoms with E-state index in [0.29, 0.717) is 91.2 Å². The lowest BCUT2D eigenvalue weighted by Crippen LogP contribution is -2.09. The fourth-order valence-electron chi connectivity index (χ4n) is 7.39. The van der Waals surface area contributed by atoms with Crippen LogP contribution in [0.15, 0.2) is 18.2 Å². The second kappa shape index (κ2) is 24.6. The number of ether oxygens (including phenoxy) is 6. The third-order valence-corrected chi connectivity index (χ3v) is 10.7. The van der Waals surface area contributed by atoms with Gasteiger partial charge in [0, 0.05) is 16.2 Å². The molecule has 9 nitrogen and oxygen atoms in total. The molecule has 0 bridgehead atoms. The minimum atomic E-state index is 0.485. The summed E-state index contributed by atoms with van der Waals surface area (Å²) in [7, 11) is 0. The average molecular weight is 790 g/mol. The number of nitrogen functional groups attached to an aromatic ring is 3. The summed E-state index contributed by atoms with van der Waals surface area (Å²) in [5.41, 5.74) is 23.4. The summed E-state index contributed by atoms with van der Waals surface area (Å²) < 4.78 is 39.3. The van der Waals surface area contributed by atoms with Crippen LogP contribution in [0.3, 0.4) is 0 Å². The molecule has 0 aliphatic rings. The van der Waals surface area contributed by atoms with Crippen molar-refractivity contribution in [2.45, 2.75) is 157 Å². The Balaban J connectivity index is 2.14. The zero-order valence-electron chi connectivity index (χ0n) is 36.4. The van der Waals surface area contributed by atoms with Gasteiger partial charge in [-0.25, -0.2) is 0 Å². The third kappa shape index (κ3) is 12.0. The van der Waals surface area contributed by atoms with E-state index in [0.717, 1.165) is 148 Å². The Kier molecular flexibility index (Phi) is 19.7. The second-order valence-electron chi connectivity index (χ2n) is 15.5. The summed E-state index contributed by atoms with van der Waals surface area (Å²) in [6.07, 6.45) is 18.4. The first-order chi connectivity index (χ1) is 27.9. The molecule has 4 rings (SSSR count). The Hall–Kier alpha value is -4.14. The number of fused-ring (bicyclic) bond motifs is 6. The fourth-order valence-corrected chi connectivity index (χ4v) is 7.39. The van der Waals surface area contributed by atoms with Crippen LogP contribution in [-0.4, -0.2) is 39.6 Å². The van der Waals surface area contributed by atoms with Gasteiger partial charge in [0.05, 0.1) is 56.7 Å². The summed E-state index contributed by atoms with van der Waals surface area (Å²) in [6.45, 7) is 16.4. The zero-order valence-corrected chi connectivity index (χ0v) is 36.4. The van der Waals surface area contributed by atoms with Gasteiger partial charge in [-0.1, -0.05) is 119 Å². The summed E-state index contributed by atoms with van der Waals surface area (Å²) in [5.74, 6) is 3.47. The van der Waals surface area contributed by atoms with Gasteiger partial charge in [0.25, 0.3) is 0 Å². The normalized spacial score (nSPS) is 11.5. The topological polar surface area (TPSA) is 133 Å². The molecule has 6 N–H and O–H groups in total. The van der Waals surface area contributed by atoms with Crippen LogP contribution >= 0.6 is 0 Å². The SMILES string of the molecule is CCCCCOc1cc2c(c(N)c1OCCCCC)c1cc(OCCCCC)c(OCCCCC)c(N)c1c1cc(OCCCCC)c(OCCCCC)c(N)c21. The molecule has 0 radical (unpaired) electrons. The van der Waals surface area contributed by atoms with Gasteiger partial charge in [-0.15, -0.1) is 0 Å². The van der Waals surface area contributed by atoms with Crippen LogP contribution in [0.2, 0.25) is 0 Å². The van der Waals surface area contributed by atoms with Crippen molar-refractivity contribution in [2.24, 2.45) is 0 Å². The van der Waals surface area contributed by atoms with Gasteiger partial charge >= 0.3 is 0 Å². The van der Waals surface area contributed by atoms with Crippen molar-refractivity contribution in [3.05, 3.63) is 18.2 Å². The molecule has 9 heteroatoms. The summed E-state index contributed by atoms with van der Waals surface area (Å²) in [5, 5.41) is 4.86. The number of nitrogens with two attached hydrogens (primary N) is 3. The molecule has 0 fully saturated rings. The van der Waals surface area contributed by atoms with Crippen molar-refractivity contribution in [1.82, 2.24) is 0 Å². The minimum Gasteiger partial charge on any atom is -0.490 e. The van der Waals surface area contributed by atoms with Crippen molar-refractivity contribution in [1.29, 1.82) is 0 Å². The van der Waals surface area contributed by atoms with E-state index in [1.54, 1.807) is 0 Å². The van der Waals surface area contributed by atoms with Crippen molar-refractivity contribution >= 4 is 49.4 Å². The predicted octanol–water partition coefficient (Wildman–Crippen LogP) is 13.3. The van der Waals surface area contributed by atoms with Crippen molar-refractivity contribution in [3.8, 4) is 34.5 Å². The third-order valence-electron chi connectivity index (χ3n) is 10.7. The highest BCUT2D eigenvalue weighted by atomic mass is 16.5. The van der Waals surface area contributed by atoms with Crippen molar-refractivity contribution in [3.63, 3.8) is 0 Å². The molecule has 0 aliphatic heterocycles. The molecule has 0 aromatic heterocycles. The molecule has 4 aromatic rings. The molecular weight excluding hydrogens is 715 g/mol. The average Bonchev–Trinajstić information content (AvgIpc) is 3.20. The highest BCUT2D eigenvalue weighted by Gasteiger charge is 2.27. The lowest BCUT2D eigenvalue weighted by Gasteiger charge is -2.24. The van der Waals surface area contributed by atoms with E-state index >= 15 is 0 Å². The van der Waals surface area contributed by atoms with Gasteiger partial charge in [0.2, 0.25) is 0 Å². The molecule has 4 aromatic carbocycles. The molecule has 57 heavy (non-hydrogen) atoms. The van der Waals surface area contributed by atoms with Crippen molar-refractivity contribution < 1.29 is 28.4 Å². The van der Waals surface area contributed by atoms with E-state index in [4.69, 9.17) is 45.6 Å². The lowest BCUT2D eigenvalue weighted by molar-refractivity contribution is 0.261. The first-order valence-corrected chi connectivity index (χ1v) is 22.5. The number of hydrogen-bond acceptors (Lipinski definition) is 9. The molecule has 0 atom stereocenters. The van der Waals surface area contributed by atoms with Crippen LogP contribution in [-0.2, 0) is 0 Å².